The molecule has 4 heteroatoms. The van der Waals surface area contributed by atoms with Crippen LogP contribution in [-0.4, -0.2) is 6.04 Å². The number of anilines is 4. The number of hydrogen-bond acceptors (Lipinski definition) is 2. The topological polar surface area (TPSA) is 6.48 Å². The van der Waals surface area contributed by atoms with E-state index in [4.69, 9.17) is 0 Å². The van der Waals surface area contributed by atoms with Crippen molar-refractivity contribution in [3.05, 3.63) is 298 Å². The summed E-state index contributed by atoms with van der Waals surface area (Å²) in [6.07, 6.45) is 18.0. The second kappa shape index (κ2) is 18.3. The predicted octanol–water partition coefficient (Wildman–Crippen LogP) is 18.0. The highest BCUT2D eigenvalue weighted by molar-refractivity contribution is 5.92. The molecule has 0 heterocycles. The number of halogens is 2. The maximum atomic E-state index is 15.7. The van der Waals surface area contributed by atoms with Crippen molar-refractivity contribution in [2.45, 2.75) is 33.7 Å². The summed E-state index contributed by atoms with van der Waals surface area (Å²) in [5.41, 5.74) is 23.8. The summed E-state index contributed by atoms with van der Waals surface area (Å²) >= 11 is 0. The van der Waals surface area contributed by atoms with Gasteiger partial charge in [-0.1, -0.05) is 164 Å². The molecule has 2 unspecified atom stereocenters. The Balaban J connectivity index is 1.03. The molecular formula is C68H52F2N2. The van der Waals surface area contributed by atoms with Crippen LogP contribution in [0.4, 0.5) is 31.5 Å². The van der Waals surface area contributed by atoms with Crippen LogP contribution in [0.25, 0.3) is 44.5 Å². The van der Waals surface area contributed by atoms with E-state index in [0.29, 0.717) is 0 Å². The normalized spacial score (nSPS) is 16.4. The van der Waals surface area contributed by atoms with Gasteiger partial charge in [0, 0.05) is 34.1 Å². The predicted molar refractivity (Wildman–Crippen MR) is 296 cm³/mol. The Morgan fingerprint density at radius 2 is 0.944 bits per heavy atom. The van der Waals surface area contributed by atoms with Gasteiger partial charge in [-0.3, -0.25) is 0 Å². The van der Waals surface area contributed by atoms with Gasteiger partial charge >= 0.3 is 0 Å². The first-order chi connectivity index (χ1) is 35.2. The second-order valence-electron chi connectivity index (χ2n) is 19.3. The van der Waals surface area contributed by atoms with Gasteiger partial charge < -0.3 is 9.80 Å². The van der Waals surface area contributed by atoms with Crippen LogP contribution in [0.3, 0.4) is 0 Å². The zero-order valence-electron chi connectivity index (χ0n) is 40.7. The minimum Gasteiger partial charge on any atom is -0.330 e. The Kier molecular flexibility index (Phi) is 11.3. The first-order valence-corrected chi connectivity index (χ1v) is 24.8. The molecule has 0 fully saturated rings. The van der Waals surface area contributed by atoms with Crippen molar-refractivity contribution in [3.63, 3.8) is 0 Å². The quantitative estimate of drug-likeness (QED) is 0.135. The molecule has 0 spiro atoms. The highest BCUT2D eigenvalue weighted by Gasteiger charge is 2.41. The lowest BCUT2D eigenvalue weighted by atomic mass is 9.67. The Bertz CT molecular complexity index is 3740. The smallest absolute Gasteiger partial charge is 0.125 e. The minimum atomic E-state index is -0.307. The van der Waals surface area contributed by atoms with Crippen LogP contribution in [0.5, 0.6) is 0 Å². The van der Waals surface area contributed by atoms with Gasteiger partial charge in [-0.05, 0) is 178 Å². The van der Waals surface area contributed by atoms with Gasteiger partial charge in [0.1, 0.15) is 11.6 Å². The maximum Gasteiger partial charge on any atom is 0.125 e. The lowest BCUT2D eigenvalue weighted by Crippen LogP contribution is -2.37. The van der Waals surface area contributed by atoms with Crippen LogP contribution in [0, 0.1) is 45.2 Å². The average Bonchev–Trinajstić information content (AvgIpc) is 3.40. The summed E-state index contributed by atoms with van der Waals surface area (Å²) < 4.78 is 31.4. The Morgan fingerprint density at radius 1 is 0.417 bits per heavy atom. The van der Waals surface area contributed by atoms with Crippen molar-refractivity contribution < 1.29 is 8.78 Å². The van der Waals surface area contributed by atoms with Crippen LogP contribution in [0.2, 0.25) is 0 Å². The molecule has 2 atom stereocenters. The van der Waals surface area contributed by atoms with Crippen LogP contribution < -0.4 is 9.80 Å². The molecular weight excluding hydrogens is 883 g/mol. The first-order valence-electron chi connectivity index (χ1n) is 24.8. The molecule has 2 nitrogen and oxygen atoms in total. The zero-order valence-corrected chi connectivity index (χ0v) is 40.7. The molecule has 0 saturated carbocycles. The van der Waals surface area contributed by atoms with E-state index >= 15 is 8.78 Å². The molecule has 0 radical (unpaired) electrons. The standard InChI is InChI=1S/C68H52F2N2/c1-43-15-5-9-23-55(43)49-31-37-65(61(39-49)57-25-11-7-17-45(57)3)71(53-21-13-19-51(69)41-53)63-35-29-47-28-34-60-64(36-30-48-27-33-59(63)67(47)68(48)60)72(54-22-14-20-52(70)42-54)66-38-32-50(56-24-10-6-16-44(56)2)40-62(66)58-26-12-8-18-46(58)4/h5-42,63,68H,1-4H3. The molecule has 8 aromatic rings. The van der Waals surface area contributed by atoms with E-state index in [0.717, 1.165) is 89.7 Å². The van der Waals surface area contributed by atoms with Gasteiger partial charge in [-0.15, -0.1) is 0 Å². The Hall–Kier alpha value is -8.60. The largest absolute Gasteiger partial charge is 0.330 e. The van der Waals surface area contributed by atoms with E-state index in [2.05, 4.69) is 220 Å². The molecule has 0 amide bonds. The van der Waals surface area contributed by atoms with Crippen molar-refractivity contribution in [2.24, 2.45) is 5.92 Å². The van der Waals surface area contributed by atoms with Crippen molar-refractivity contribution in [2.75, 3.05) is 9.80 Å². The fraction of sp³-hybridized carbons (Fsp3) is 0.0882. The van der Waals surface area contributed by atoms with E-state index in [9.17, 15) is 0 Å². The Labute approximate surface area is 421 Å². The van der Waals surface area contributed by atoms with Crippen LogP contribution >= 0.6 is 0 Å². The molecule has 8 aromatic carbocycles. The van der Waals surface area contributed by atoms with Gasteiger partial charge in [0.05, 0.1) is 17.4 Å². The summed E-state index contributed by atoms with van der Waals surface area (Å²) in [5, 5.41) is 0. The van der Waals surface area contributed by atoms with Crippen LogP contribution in [0.1, 0.15) is 22.3 Å². The molecule has 4 aliphatic carbocycles. The number of allylic oxidation sites excluding steroid dienone is 10. The van der Waals surface area contributed by atoms with E-state index < -0.39 is 0 Å². The molecule has 0 saturated heterocycles. The lowest BCUT2D eigenvalue weighted by Gasteiger charge is -2.44. The molecule has 0 aliphatic heterocycles. The second-order valence-corrected chi connectivity index (χ2v) is 19.3. The van der Waals surface area contributed by atoms with E-state index in [1.54, 1.807) is 24.3 Å². The third-order valence-electron chi connectivity index (χ3n) is 14.9. The maximum absolute atomic E-state index is 15.7. The van der Waals surface area contributed by atoms with Crippen molar-refractivity contribution in [3.8, 4) is 44.5 Å². The number of hydrogen-bond donors (Lipinski definition) is 0. The molecule has 0 aromatic heterocycles. The summed E-state index contributed by atoms with van der Waals surface area (Å²) in [5.74, 6) is -0.734. The van der Waals surface area contributed by atoms with Gasteiger partial charge in [0.2, 0.25) is 0 Å². The summed E-state index contributed by atoms with van der Waals surface area (Å²) in [7, 11) is 0. The van der Waals surface area contributed by atoms with Crippen LogP contribution in [0.15, 0.2) is 264 Å². The Morgan fingerprint density at radius 3 is 1.53 bits per heavy atom. The van der Waals surface area contributed by atoms with Gasteiger partial charge in [-0.25, -0.2) is 8.78 Å². The molecule has 0 N–H and O–H groups in total. The van der Waals surface area contributed by atoms with Gasteiger partial charge in [0.15, 0.2) is 0 Å². The third-order valence-corrected chi connectivity index (χ3v) is 14.9. The SMILES string of the molecule is Cc1ccccc1-c1ccc(N(C2=C3C=CC4=C5C(=CC=C(C=C2)C35)C(N(c2cccc(F)c2)c2ccc(-c3ccccc3C)cc2-c2ccccc2C)C=C4)c2cccc(F)c2)c(-c2ccccc2C)c1. The molecule has 72 heavy (non-hydrogen) atoms. The number of nitrogens with zero attached hydrogens (tertiary/aromatic N) is 2. The fourth-order valence-corrected chi connectivity index (χ4v) is 11.4. The number of benzene rings is 8. The molecule has 0 bridgehead atoms. The highest BCUT2D eigenvalue weighted by Crippen LogP contribution is 2.53. The zero-order chi connectivity index (χ0) is 49.0. The van der Waals surface area contributed by atoms with Gasteiger partial charge in [-0.2, -0.15) is 0 Å². The van der Waals surface area contributed by atoms with E-state index in [-0.39, 0.29) is 23.6 Å². The molecule has 4 aliphatic rings. The third kappa shape index (κ3) is 7.81. The highest BCUT2D eigenvalue weighted by atomic mass is 19.1. The number of aryl methyl sites for hydroxylation is 4. The summed E-state index contributed by atoms with van der Waals surface area (Å²) in [6, 6.07) is 61.1. The summed E-state index contributed by atoms with van der Waals surface area (Å²) in [4.78, 5) is 4.57. The van der Waals surface area contributed by atoms with Crippen molar-refractivity contribution in [1.29, 1.82) is 0 Å². The van der Waals surface area contributed by atoms with Crippen molar-refractivity contribution >= 4 is 22.7 Å². The molecule has 12 rings (SSSR count). The number of rotatable bonds is 10. The average molecular weight is 935 g/mol. The lowest BCUT2D eigenvalue weighted by molar-refractivity contribution is 0.627. The molecule has 348 valence electrons. The summed E-state index contributed by atoms with van der Waals surface area (Å²) in [6.45, 7) is 8.62. The van der Waals surface area contributed by atoms with Crippen LogP contribution in [-0.2, 0) is 0 Å². The van der Waals surface area contributed by atoms with Gasteiger partial charge in [0.25, 0.3) is 0 Å². The first kappa shape index (κ1) is 44.6. The van der Waals surface area contributed by atoms with Crippen molar-refractivity contribution in [1.82, 2.24) is 0 Å². The van der Waals surface area contributed by atoms with E-state index in [1.807, 2.05) is 12.1 Å². The van der Waals surface area contributed by atoms with E-state index in [1.165, 1.54) is 45.5 Å². The fourth-order valence-electron chi connectivity index (χ4n) is 11.4. The monoisotopic (exact) mass is 934 g/mol. The minimum absolute atomic E-state index is 0.129.